The quantitative estimate of drug-likeness (QED) is 0.643. The summed E-state index contributed by atoms with van der Waals surface area (Å²) in [4.78, 5) is 18.7. The molecule has 1 heterocycles. The first-order valence-corrected chi connectivity index (χ1v) is 6.24. The van der Waals surface area contributed by atoms with Crippen LogP contribution in [0.1, 0.15) is 5.56 Å². The predicted molar refractivity (Wildman–Crippen MR) is 80.5 cm³/mol. The van der Waals surface area contributed by atoms with Gasteiger partial charge in [0.1, 0.15) is 6.33 Å². The van der Waals surface area contributed by atoms with Crippen molar-refractivity contribution in [1.29, 1.82) is 0 Å². The first-order valence-electron chi connectivity index (χ1n) is 6.24. The average molecular weight is 288 g/mol. The molecule has 0 spiro atoms. The third-order valence-electron chi connectivity index (χ3n) is 2.62. The zero-order chi connectivity index (χ0) is 15.4. The van der Waals surface area contributed by atoms with E-state index in [1.807, 2.05) is 31.2 Å². The predicted octanol–water partition coefficient (Wildman–Crippen LogP) is 2.33. The molecule has 0 amide bonds. The van der Waals surface area contributed by atoms with Gasteiger partial charge in [-0.15, -0.1) is 0 Å². The van der Waals surface area contributed by atoms with Crippen LogP contribution in [0.2, 0.25) is 0 Å². The number of nitro groups is 1. The number of anilines is 3. The molecule has 0 saturated carbocycles. The highest BCUT2D eigenvalue weighted by molar-refractivity contribution is 5.73. The summed E-state index contributed by atoms with van der Waals surface area (Å²) in [6.45, 7) is 1.94. The van der Waals surface area contributed by atoms with Gasteiger partial charge in [-0.1, -0.05) is 12.1 Å². The Morgan fingerprint density at radius 2 is 1.95 bits per heavy atom. The molecule has 2 rings (SSSR count). The smallest absolute Gasteiger partial charge is 0.334 e. The Morgan fingerprint density at radius 1 is 1.24 bits per heavy atom. The first-order chi connectivity index (χ1) is 9.97. The minimum Gasteiger partial charge on any atom is -0.334 e. The number of benzene rings is 1. The van der Waals surface area contributed by atoms with Crippen LogP contribution in [0.5, 0.6) is 0 Å². The van der Waals surface area contributed by atoms with Crippen molar-refractivity contribution in [2.45, 2.75) is 6.92 Å². The number of nitrogens with zero attached hydrogens (tertiary/aromatic N) is 4. The van der Waals surface area contributed by atoms with E-state index in [0.717, 1.165) is 11.3 Å². The molecule has 21 heavy (non-hydrogen) atoms. The van der Waals surface area contributed by atoms with Gasteiger partial charge in [-0.3, -0.25) is 15.5 Å². The Hall–Kier alpha value is -2.74. The summed E-state index contributed by atoms with van der Waals surface area (Å²) >= 11 is 0. The normalized spacial score (nSPS) is 10.5. The van der Waals surface area contributed by atoms with Crippen LogP contribution in [0, 0.1) is 17.0 Å². The lowest BCUT2D eigenvalue weighted by molar-refractivity contribution is -0.383. The molecule has 0 unspecified atom stereocenters. The van der Waals surface area contributed by atoms with Crippen LogP contribution < -0.4 is 10.7 Å². The number of hydrazine groups is 1. The molecular formula is C13H16N6O2. The fourth-order valence-corrected chi connectivity index (χ4v) is 1.80. The van der Waals surface area contributed by atoms with E-state index < -0.39 is 4.92 Å². The van der Waals surface area contributed by atoms with Gasteiger partial charge in [0, 0.05) is 19.8 Å². The summed E-state index contributed by atoms with van der Waals surface area (Å²) in [6.07, 6.45) is 1.27. The summed E-state index contributed by atoms with van der Waals surface area (Å²) in [7, 11) is 3.44. The van der Waals surface area contributed by atoms with Crippen molar-refractivity contribution in [1.82, 2.24) is 15.0 Å². The van der Waals surface area contributed by atoms with Gasteiger partial charge in [0.05, 0.1) is 4.92 Å². The van der Waals surface area contributed by atoms with Crippen molar-refractivity contribution < 1.29 is 4.92 Å². The van der Waals surface area contributed by atoms with Gasteiger partial charge in [-0.25, -0.2) is 15.0 Å². The van der Waals surface area contributed by atoms with Gasteiger partial charge in [0.25, 0.3) is 0 Å². The molecule has 110 valence electrons. The van der Waals surface area contributed by atoms with Crippen molar-refractivity contribution in [3.05, 3.63) is 46.3 Å². The maximum absolute atomic E-state index is 11.3. The molecule has 1 aromatic heterocycles. The van der Waals surface area contributed by atoms with E-state index in [4.69, 9.17) is 0 Å². The third kappa shape index (κ3) is 3.63. The van der Waals surface area contributed by atoms with Crippen molar-refractivity contribution >= 4 is 23.0 Å². The fourth-order valence-electron chi connectivity index (χ4n) is 1.80. The summed E-state index contributed by atoms with van der Waals surface area (Å²) in [5.74, 6) is 0.278. The van der Waals surface area contributed by atoms with Gasteiger partial charge in [-0.2, -0.15) is 0 Å². The van der Waals surface area contributed by atoms with Crippen molar-refractivity contribution in [3.8, 4) is 0 Å². The van der Waals surface area contributed by atoms with Crippen molar-refractivity contribution in [2.75, 3.05) is 24.8 Å². The monoisotopic (exact) mass is 288 g/mol. The van der Waals surface area contributed by atoms with E-state index in [-0.39, 0.29) is 17.3 Å². The Balaban J connectivity index is 2.41. The maximum Gasteiger partial charge on any atom is 0.354 e. The molecule has 0 bridgehead atoms. The molecule has 0 saturated heterocycles. The first kappa shape index (κ1) is 14.7. The van der Waals surface area contributed by atoms with Crippen LogP contribution in [-0.2, 0) is 0 Å². The SMILES string of the molecule is Cc1cccc(Nc2ncnc(NN(C)C)c2[N+](=O)[O-])c1. The summed E-state index contributed by atoms with van der Waals surface area (Å²) in [6, 6.07) is 7.50. The van der Waals surface area contributed by atoms with Crippen LogP contribution >= 0.6 is 0 Å². The topological polar surface area (TPSA) is 96.2 Å². The number of aryl methyl sites for hydroxylation is 1. The molecule has 2 aromatic rings. The van der Waals surface area contributed by atoms with Crippen LogP contribution in [0.15, 0.2) is 30.6 Å². The molecule has 0 aliphatic rings. The fraction of sp³-hybridized carbons (Fsp3) is 0.231. The highest BCUT2D eigenvalue weighted by atomic mass is 16.6. The number of hydrogen-bond donors (Lipinski definition) is 2. The summed E-state index contributed by atoms with van der Waals surface area (Å²) in [5.41, 5.74) is 4.37. The molecule has 0 aliphatic heterocycles. The standard InChI is InChI=1S/C13H16N6O2/c1-9-5-4-6-10(7-9)16-12-11(19(20)21)13(15-8-14-12)17-18(2)3/h4-8H,1-3H3,(H2,14,15,16,17). The van der Waals surface area contributed by atoms with Crippen LogP contribution in [-0.4, -0.2) is 34.0 Å². The van der Waals surface area contributed by atoms with E-state index in [1.54, 1.807) is 19.1 Å². The van der Waals surface area contributed by atoms with Gasteiger partial charge in [0.2, 0.25) is 11.6 Å². The molecular weight excluding hydrogens is 272 g/mol. The molecule has 8 heteroatoms. The largest absolute Gasteiger partial charge is 0.354 e. The van der Waals surface area contributed by atoms with Gasteiger partial charge in [0.15, 0.2) is 0 Å². The lowest BCUT2D eigenvalue weighted by Gasteiger charge is -2.14. The Bertz CT molecular complexity index is 659. The number of nitrogens with one attached hydrogen (secondary N) is 2. The lowest BCUT2D eigenvalue weighted by Crippen LogP contribution is -2.21. The van der Waals surface area contributed by atoms with Crippen molar-refractivity contribution in [3.63, 3.8) is 0 Å². The maximum atomic E-state index is 11.3. The Morgan fingerprint density at radius 3 is 2.57 bits per heavy atom. The van der Waals surface area contributed by atoms with Gasteiger partial charge < -0.3 is 5.32 Å². The second-order valence-electron chi connectivity index (χ2n) is 4.68. The molecule has 0 atom stereocenters. The molecule has 0 fully saturated rings. The zero-order valence-electron chi connectivity index (χ0n) is 12.0. The van der Waals surface area contributed by atoms with E-state index in [1.165, 1.54) is 6.33 Å². The Labute approximate surface area is 122 Å². The van der Waals surface area contributed by atoms with Crippen molar-refractivity contribution in [2.24, 2.45) is 0 Å². The molecule has 1 aromatic carbocycles. The average Bonchev–Trinajstić information content (AvgIpc) is 2.37. The number of rotatable bonds is 5. The molecule has 2 N–H and O–H groups in total. The number of aromatic nitrogens is 2. The number of hydrogen-bond acceptors (Lipinski definition) is 7. The Kier molecular flexibility index (Phi) is 4.29. The van der Waals surface area contributed by atoms with E-state index in [2.05, 4.69) is 20.7 Å². The van der Waals surface area contributed by atoms with Gasteiger partial charge >= 0.3 is 5.69 Å². The molecule has 0 radical (unpaired) electrons. The van der Waals surface area contributed by atoms with E-state index >= 15 is 0 Å². The van der Waals surface area contributed by atoms with Crippen LogP contribution in [0.3, 0.4) is 0 Å². The lowest BCUT2D eigenvalue weighted by atomic mass is 10.2. The third-order valence-corrected chi connectivity index (χ3v) is 2.62. The minimum absolute atomic E-state index is 0.134. The minimum atomic E-state index is -0.510. The van der Waals surface area contributed by atoms with Crippen LogP contribution in [0.25, 0.3) is 0 Å². The zero-order valence-corrected chi connectivity index (χ0v) is 12.0. The summed E-state index contributed by atoms with van der Waals surface area (Å²) in [5, 5.41) is 15.8. The van der Waals surface area contributed by atoms with E-state index in [9.17, 15) is 10.1 Å². The highest BCUT2D eigenvalue weighted by Gasteiger charge is 2.23. The van der Waals surface area contributed by atoms with E-state index in [0.29, 0.717) is 0 Å². The second-order valence-corrected chi connectivity index (χ2v) is 4.68. The summed E-state index contributed by atoms with van der Waals surface area (Å²) < 4.78 is 0. The molecule has 0 aliphatic carbocycles. The van der Waals surface area contributed by atoms with Gasteiger partial charge in [-0.05, 0) is 24.6 Å². The highest BCUT2D eigenvalue weighted by Crippen LogP contribution is 2.31. The molecule has 8 nitrogen and oxygen atoms in total. The second kappa shape index (κ2) is 6.14. The van der Waals surface area contributed by atoms with Crippen LogP contribution in [0.4, 0.5) is 23.0 Å².